The first kappa shape index (κ1) is 12.6. The van der Waals surface area contributed by atoms with Gasteiger partial charge >= 0.3 is 0 Å². The normalized spacial score (nSPS) is 21.2. The van der Waals surface area contributed by atoms with Gasteiger partial charge in [0.2, 0.25) is 0 Å². The number of benzene rings is 1. The molecule has 3 N–H and O–H groups in total. The smallest absolute Gasteiger partial charge is 0.126 e. The summed E-state index contributed by atoms with van der Waals surface area (Å²) in [5.41, 5.74) is 10.0. The van der Waals surface area contributed by atoms with E-state index in [2.05, 4.69) is 57.4 Å². The highest BCUT2D eigenvalue weighted by molar-refractivity contribution is 9.10. The third kappa shape index (κ3) is 2.38. The minimum absolute atomic E-state index is 0.100. The number of halogens is 1. The van der Waals surface area contributed by atoms with Gasteiger partial charge in [-0.1, -0.05) is 24.3 Å². The van der Waals surface area contributed by atoms with Crippen LogP contribution in [0.5, 0.6) is 0 Å². The van der Waals surface area contributed by atoms with Crippen LogP contribution in [0.15, 0.2) is 41.0 Å². The van der Waals surface area contributed by atoms with Crippen molar-refractivity contribution < 1.29 is 0 Å². The van der Waals surface area contributed by atoms with Crippen LogP contribution in [0.1, 0.15) is 22.7 Å². The molecule has 0 saturated heterocycles. The van der Waals surface area contributed by atoms with E-state index < -0.39 is 0 Å². The first-order valence-corrected chi connectivity index (χ1v) is 7.16. The molecule has 1 aliphatic carbocycles. The molecule has 0 bridgehead atoms. The van der Waals surface area contributed by atoms with Crippen LogP contribution in [0.3, 0.4) is 0 Å². The van der Waals surface area contributed by atoms with Crippen LogP contribution in [-0.4, -0.2) is 11.0 Å². The Hall–Kier alpha value is -1.39. The number of aryl methyl sites for hydroxylation is 1. The van der Waals surface area contributed by atoms with Gasteiger partial charge < -0.3 is 11.1 Å². The molecule has 1 aromatic carbocycles. The number of hydrogen-bond acceptors (Lipinski definition) is 3. The van der Waals surface area contributed by atoms with Crippen molar-refractivity contribution in [2.45, 2.75) is 25.4 Å². The largest absolute Gasteiger partial charge is 0.362 e. The summed E-state index contributed by atoms with van der Waals surface area (Å²) in [5.74, 6) is 0.873. The lowest BCUT2D eigenvalue weighted by molar-refractivity contribution is 0.623. The number of fused-ring (bicyclic) bond motifs is 1. The molecule has 0 fully saturated rings. The molecule has 3 rings (SSSR count). The van der Waals surface area contributed by atoms with Gasteiger partial charge in [0.25, 0.3) is 0 Å². The van der Waals surface area contributed by atoms with Gasteiger partial charge in [0, 0.05) is 16.7 Å². The summed E-state index contributed by atoms with van der Waals surface area (Å²) in [5, 5.41) is 3.46. The van der Waals surface area contributed by atoms with Crippen LogP contribution < -0.4 is 11.1 Å². The van der Waals surface area contributed by atoms with E-state index in [1.54, 1.807) is 0 Å². The number of rotatable bonds is 2. The van der Waals surface area contributed by atoms with Crippen LogP contribution in [0, 0.1) is 6.92 Å². The molecule has 0 amide bonds. The predicted molar refractivity (Wildman–Crippen MR) is 81.2 cm³/mol. The van der Waals surface area contributed by atoms with Gasteiger partial charge in [-0.15, -0.1) is 0 Å². The highest BCUT2D eigenvalue weighted by atomic mass is 79.9. The third-order valence-corrected chi connectivity index (χ3v) is 4.45. The maximum Gasteiger partial charge on any atom is 0.126 e. The van der Waals surface area contributed by atoms with Gasteiger partial charge in [-0.3, -0.25) is 0 Å². The van der Waals surface area contributed by atoms with Crippen LogP contribution in [0.25, 0.3) is 0 Å². The van der Waals surface area contributed by atoms with Crippen molar-refractivity contribution in [2.24, 2.45) is 5.73 Å². The molecule has 1 aromatic heterocycles. The van der Waals surface area contributed by atoms with E-state index in [4.69, 9.17) is 5.73 Å². The van der Waals surface area contributed by atoms with Crippen molar-refractivity contribution in [3.05, 3.63) is 57.7 Å². The van der Waals surface area contributed by atoms with E-state index in [0.29, 0.717) is 0 Å². The zero-order valence-electron chi connectivity index (χ0n) is 10.7. The summed E-state index contributed by atoms with van der Waals surface area (Å²) < 4.78 is 1.02. The zero-order chi connectivity index (χ0) is 13.4. The fourth-order valence-corrected chi connectivity index (χ4v) is 2.81. The third-order valence-electron chi connectivity index (χ3n) is 3.62. The molecule has 0 aliphatic heterocycles. The topological polar surface area (TPSA) is 50.9 Å². The van der Waals surface area contributed by atoms with Crippen molar-refractivity contribution in [2.75, 3.05) is 5.32 Å². The maximum absolute atomic E-state index is 6.25. The summed E-state index contributed by atoms with van der Waals surface area (Å²) in [6.45, 7) is 2.06. The molecule has 0 spiro atoms. The number of nitrogens with zero attached hydrogens (tertiary/aromatic N) is 1. The van der Waals surface area contributed by atoms with Crippen LogP contribution in [0.2, 0.25) is 0 Å². The van der Waals surface area contributed by atoms with E-state index in [0.717, 1.165) is 22.3 Å². The minimum Gasteiger partial charge on any atom is -0.362 e. The second kappa shape index (κ2) is 4.94. The fraction of sp³-hybridized carbons (Fsp3) is 0.267. The molecular formula is C15H16BrN3. The Morgan fingerprint density at radius 2 is 2.16 bits per heavy atom. The average Bonchev–Trinajstić information content (AvgIpc) is 2.71. The van der Waals surface area contributed by atoms with Crippen molar-refractivity contribution in [3.8, 4) is 0 Å². The Morgan fingerprint density at radius 1 is 1.37 bits per heavy atom. The lowest BCUT2D eigenvalue weighted by atomic mass is 10.1. The first-order valence-electron chi connectivity index (χ1n) is 6.37. The fourth-order valence-electron chi connectivity index (χ4n) is 2.59. The second-order valence-corrected chi connectivity index (χ2v) is 5.86. The van der Waals surface area contributed by atoms with Gasteiger partial charge in [0.05, 0.1) is 6.04 Å². The Bertz CT molecular complexity index is 612. The molecular weight excluding hydrogens is 302 g/mol. The Morgan fingerprint density at radius 3 is 2.95 bits per heavy atom. The van der Waals surface area contributed by atoms with Gasteiger partial charge in [-0.05, 0) is 52.0 Å². The summed E-state index contributed by atoms with van der Waals surface area (Å²) >= 11 is 3.46. The summed E-state index contributed by atoms with van der Waals surface area (Å²) in [4.78, 5) is 4.40. The number of hydrogen-bond donors (Lipinski definition) is 2. The minimum atomic E-state index is 0.100. The first-order chi connectivity index (χ1) is 9.15. The number of pyridine rings is 1. The van der Waals surface area contributed by atoms with E-state index in [9.17, 15) is 0 Å². The molecule has 1 heterocycles. The Balaban J connectivity index is 1.89. The Kier molecular flexibility index (Phi) is 3.29. The lowest BCUT2D eigenvalue weighted by Gasteiger charge is -2.19. The summed E-state index contributed by atoms with van der Waals surface area (Å²) in [6.07, 6.45) is 2.74. The second-order valence-electron chi connectivity index (χ2n) is 5.01. The van der Waals surface area contributed by atoms with Gasteiger partial charge in [-0.25, -0.2) is 4.98 Å². The van der Waals surface area contributed by atoms with Crippen molar-refractivity contribution in [3.63, 3.8) is 0 Å². The van der Waals surface area contributed by atoms with Crippen LogP contribution in [0.4, 0.5) is 5.82 Å². The average molecular weight is 318 g/mol. The zero-order valence-corrected chi connectivity index (χ0v) is 12.3. The molecule has 0 saturated carbocycles. The van der Waals surface area contributed by atoms with Crippen molar-refractivity contribution >= 4 is 21.7 Å². The van der Waals surface area contributed by atoms with Gasteiger partial charge in [-0.2, -0.15) is 0 Å². The molecule has 0 radical (unpaired) electrons. The van der Waals surface area contributed by atoms with Crippen LogP contribution >= 0.6 is 15.9 Å². The number of nitrogens with one attached hydrogen (secondary N) is 1. The molecule has 1 aliphatic rings. The molecule has 19 heavy (non-hydrogen) atoms. The lowest BCUT2D eigenvalue weighted by Crippen LogP contribution is -2.30. The highest BCUT2D eigenvalue weighted by Crippen LogP contribution is 2.33. The summed E-state index contributed by atoms with van der Waals surface area (Å²) in [7, 11) is 0. The number of anilines is 1. The molecule has 98 valence electrons. The van der Waals surface area contributed by atoms with E-state index in [1.807, 2.05) is 12.3 Å². The SMILES string of the molecule is Cc1cc(NC2c3ccccc3CC2N)ncc1Br. The maximum atomic E-state index is 6.25. The Labute approximate surface area is 121 Å². The number of nitrogens with two attached hydrogens (primary N) is 1. The molecule has 2 atom stereocenters. The standard InChI is InChI=1S/C15H16BrN3/c1-9-6-14(18-8-12(9)16)19-15-11-5-3-2-4-10(11)7-13(15)17/h2-6,8,13,15H,7,17H2,1H3,(H,18,19). The van der Waals surface area contributed by atoms with Gasteiger partial charge in [0.15, 0.2) is 0 Å². The number of aromatic nitrogens is 1. The van der Waals surface area contributed by atoms with Crippen LogP contribution in [-0.2, 0) is 6.42 Å². The monoisotopic (exact) mass is 317 g/mol. The van der Waals surface area contributed by atoms with E-state index in [1.165, 1.54) is 11.1 Å². The summed E-state index contributed by atoms with van der Waals surface area (Å²) in [6, 6.07) is 10.7. The van der Waals surface area contributed by atoms with Crippen molar-refractivity contribution in [1.29, 1.82) is 0 Å². The molecule has 3 nitrogen and oxygen atoms in total. The van der Waals surface area contributed by atoms with E-state index in [-0.39, 0.29) is 12.1 Å². The van der Waals surface area contributed by atoms with Gasteiger partial charge in [0.1, 0.15) is 5.82 Å². The quantitative estimate of drug-likeness (QED) is 0.894. The molecule has 2 unspecified atom stereocenters. The predicted octanol–water partition coefficient (Wildman–Crippen LogP) is 3.19. The van der Waals surface area contributed by atoms with E-state index >= 15 is 0 Å². The molecule has 2 aromatic rings. The molecule has 4 heteroatoms. The van der Waals surface area contributed by atoms with Crippen molar-refractivity contribution in [1.82, 2.24) is 4.98 Å². The highest BCUT2D eigenvalue weighted by Gasteiger charge is 2.29.